The molecule has 0 saturated carbocycles. The molecule has 0 spiro atoms. The molecule has 2 amide bonds. The Kier molecular flexibility index (Phi) is 8.76. The van der Waals surface area contributed by atoms with Gasteiger partial charge in [-0.2, -0.15) is 0 Å². The van der Waals surface area contributed by atoms with Crippen molar-refractivity contribution in [3.05, 3.63) is 29.8 Å². The van der Waals surface area contributed by atoms with E-state index in [-0.39, 0.29) is 47.1 Å². The molecule has 1 aromatic rings. The fourth-order valence-corrected chi connectivity index (χ4v) is 6.27. The summed E-state index contributed by atoms with van der Waals surface area (Å²) in [5.41, 5.74) is 1.33. The fourth-order valence-electron chi connectivity index (χ4n) is 6.27. The van der Waals surface area contributed by atoms with Gasteiger partial charge < -0.3 is 19.9 Å². The van der Waals surface area contributed by atoms with E-state index in [2.05, 4.69) is 63.6 Å². The number of carbonyl (C=O) groups is 3. The number of piperazine rings is 1. The van der Waals surface area contributed by atoms with Gasteiger partial charge in [0.1, 0.15) is 18.7 Å². The van der Waals surface area contributed by atoms with Gasteiger partial charge in [0.05, 0.1) is 6.10 Å². The minimum absolute atomic E-state index is 0.0436. The number of amides is 2. The van der Waals surface area contributed by atoms with Gasteiger partial charge in [-0.15, -0.1) is 0 Å². The number of hydrogen-bond donors (Lipinski definition) is 1. The molecule has 1 aromatic carbocycles. The van der Waals surface area contributed by atoms with Crippen LogP contribution in [-0.2, 0) is 14.3 Å². The van der Waals surface area contributed by atoms with E-state index in [1.54, 1.807) is 4.90 Å². The quantitative estimate of drug-likeness (QED) is 0.569. The number of Topliss-reactive ketones (excluding diaryl/α,β-unsaturated/α-hetero) is 1. The smallest absolute Gasteiger partial charge is 0.251 e. The first kappa shape index (κ1) is 29.5. The Morgan fingerprint density at radius 2 is 1.67 bits per heavy atom. The summed E-state index contributed by atoms with van der Waals surface area (Å²) in [5.74, 6) is -0.457. The van der Waals surface area contributed by atoms with Gasteiger partial charge in [-0.25, -0.2) is 0 Å². The molecule has 4 rings (SSSR count). The topological polar surface area (TPSA) is 82.2 Å². The second kappa shape index (κ2) is 11.6. The minimum atomic E-state index is -0.725. The molecular formula is C31H48N4O4. The van der Waals surface area contributed by atoms with Crippen molar-refractivity contribution in [2.24, 2.45) is 16.7 Å². The largest absolute Gasteiger partial charge is 0.369 e. The van der Waals surface area contributed by atoms with Crippen molar-refractivity contribution >= 4 is 23.3 Å². The number of ketones is 1. The van der Waals surface area contributed by atoms with E-state index in [4.69, 9.17) is 4.74 Å². The van der Waals surface area contributed by atoms with Gasteiger partial charge in [-0.05, 0) is 54.5 Å². The summed E-state index contributed by atoms with van der Waals surface area (Å²) >= 11 is 0. The summed E-state index contributed by atoms with van der Waals surface area (Å²) in [6, 6.07) is 6.39. The lowest BCUT2D eigenvalue weighted by atomic mass is 9.78. The SMILES string of the molecule is CCCN1CCN(c2ccc(C(=O)NC(CC(C)(C)C)C(=O)N3C[C@H](C(C)(C)C)[C@H]4OCC(=O)[C@H]43)cc2)CC1. The first-order chi connectivity index (χ1) is 18.3. The Hall–Kier alpha value is -2.45. The molecule has 8 nitrogen and oxygen atoms in total. The summed E-state index contributed by atoms with van der Waals surface area (Å²) in [4.78, 5) is 46.7. The number of anilines is 1. The van der Waals surface area contributed by atoms with Gasteiger partial charge >= 0.3 is 0 Å². The molecule has 39 heavy (non-hydrogen) atoms. The number of fused-ring (bicyclic) bond motifs is 1. The number of benzene rings is 1. The number of carbonyl (C=O) groups excluding carboxylic acids is 3. The Labute approximate surface area is 234 Å². The lowest BCUT2D eigenvalue weighted by Gasteiger charge is -2.36. The molecule has 3 aliphatic heterocycles. The number of nitrogens with one attached hydrogen (secondary N) is 1. The number of likely N-dealkylation sites (tertiary alicyclic amines) is 1. The Morgan fingerprint density at radius 1 is 1.03 bits per heavy atom. The second-order valence-electron chi connectivity index (χ2n) is 13.8. The zero-order valence-electron chi connectivity index (χ0n) is 25.0. The third-order valence-electron chi connectivity index (χ3n) is 8.41. The third kappa shape index (κ3) is 6.83. The van der Waals surface area contributed by atoms with E-state index in [1.165, 1.54) is 6.42 Å². The highest BCUT2D eigenvalue weighted by molar-refractivity contribution is 5.99. The summed E-state index contributed by atoms with van der Waals surface area (Å²) in [5, 5.41) is 3.03. The van der Waals surface area contributed by atoms with Crippen LogP contribution < -0.4 is 10.2 Å². The highest BCUT2D eigenvalue weighted by atomic mass is 16.5. The van der Waals surface area contributed by atoms with Crippen LogP contribution in [0.4, 0.5) is 5.69 Å². The highest BCUT2D eigenvalue weighted by Crippen LogP contribution is 2.42. The number of rotatable bonds is 7. The van der Waals surface area contributed by atoms with Crippen LogP contribution in [0.5, 0.6) is 0 Å². The first-order valence-electron chi connectivity index (χ1n) is 14.6. The van der Waals surface area contributed by atoms with Crippen molar-refractivity contribution in [1.29, 1.82) is 0 Å². The summed E-state index contributed by atoms with van der Waals surface area (Å²) < 4.78 is 5.88. The predicted octanol–water partition coefficient (Wildman–Crippen LogP) is 3.59. The van der Waals surface area contributed by atoms with E-state index < -0.39 is 12.1 Å². The third-order valence-corrected chi connectivity index (χ3v) is 8.41. The predicted molar refractivity (Wildman–Crippen MR) is 154 cm³/mol. The van der Waals surface area contributed by atoms with Gasteiger partial charge in [-0.3, -0.25) is 19.3 Å². The highest BCUT2D eigenvalue weighted by Gasteiger charge is 2.56. The molecule has 216 valence electrons. The van der Waals surface area contributed by atoms with Crippen molar-refractivity contribution in [1.82, 2.24) is 15.1 Å². The molecule has 3 saturated heterocycles. The maximum Gasteiger partial charge on any atom is 0.251 e. The van der Waals surface area contributed by atoms with Crippen molar-refractivity contribution in [3.8, 4) is 0 Å². The first-order valence-corrected chi connectivity index (χ1v) is 14.6. The van der Waals surface area contributed by atoms with E-state index in [9.17, 15) is 14.4 Å². The van der Waals surface area contributed by atoms with Crippen molar-refractivity contribution in [2.45, 2.75) is 79.5 Å². The second-order valence-corrected chi connectivity index (χ2v) is 13.8. The molecule has 0 aliphatic carbocycles. The lowest BCUT2D eigenvalue weighted by Crippen LogP contribution is -2.53. The standard InChI is InChI=1S/C31H48N4O4/c1-8-13-33-14-16-34(17-15-33)22-11-9-21(10-12-22)28(37)32-24(18-30(2,3)4)29(38)35-19-23(31(5,6)7)27-26(35)25(36)20-39-27/h9-12,23-24,26-27H,8,13-20H2,1-7H3,(H,32,37)/t23-,24?,26+,27+/m0/s1. The number of nitrogens with zero attached hydrogens (tertiary/aromatic N) is 3. The molecular weight excluding hydrogens is 492 g/mol. The summed E-state index contributed by atoms with van der Waals surface area (Å²) in [6.07, 6.45) is 1.35. The monoisotopic (exact) mass is 540 g/mol. The van der Waals surface area contributed by atoms with Crippen molar-refractivity contribution in [2.75, 3.05) is 50.8 Å². The summed E-state index contributed by atoms with van der Waals surface area (Å²) in [7, 11) is 0. The van der Waals surface area contributed by atoms with E-state index in [1.807, 2.05) is 24.3 Å². The number of hydrogen-bond acceptors (Lipinski definition) is 6. The molecule has 1 N–H and O–H groups in total. The lowest BCUT2D eigenvalue weighted by molar-refractivity contribution is -0.138. The average molecular weight is 541 g/mol. The molecule has 8 heteroatoms. The van der Waals surface area contributed by atoms with Crippen molar-refractivity contribution < 1.29 is 19.1 Å². The van der Waals surface area contributed by atoms with Crippen molar-refractivity contribution in [3.63, 3.8) is 0 Å². The van der Waals surface area contributed by atoms with Crippen LogP contribution in [0, 0.1) is 16.7 Å². The number of ether oxygens (including phenoxy) is 1. The van der Waals surface area contributed by atoms with Gasteiger partial charge in [0.2, 0.25) is 5.91 Å². The van der Waals surface area contributed by atoms with E-state index in [0.717, 1.165) is 38.4 Å². The van der Waals surface area contributed by atoms with Gasteiger partial charge in [-0.1, -0.05) is 48.5 Å². The Bertz CT molecular complexity index is 1030. The molecule has 0 bridgehead atoms. The van der Waals surface area contributed by atoms with Crippen LogP contribution in [-0.4, -0.2) is 91.5 Å². The normalized spacial score (nSPS) is 25.1. The Balaban J connectivity index is 1.47. The van der Waals surface area contributed by atoms with Crippen LogP contribution in [0.25, 0.3) is 0 Å². The molecule has 4 atom stereocenters. The molecule has 3 fully saturated rings. The average Bonchev–Trinajstić information content (AvgIpc) is 3.44. The fraction of sp³-hybridized carbons (Fsp3) is 0.710. The zero-order valence-corrected chi connectivity index (χ0v) is 25.0. The van der Waals surface area contributed by atoms with Crippen LogP contribution in [0.1, 0.15) is 71.7 Å². The van der Waals surface area contributed by atoms with Crippen LogP contribution in [0.2, 0.25) is 0 Å². The van der Waals surface area contributed by atoms with Gasteiger partial charge in [0.15, 0.2) is 5.78 Å². The molecule has 0 aromatic heterocycles. The zero-order chi connectivity index (χ0) is 28.5. The minimum Gasteiger partial charge on any atom is -0.369 e. The van der Waals surface area contributed by atoms with Crippen LogP contribution in [0.3, 0.4) is 0 Å². The molecule has 3 aliphatic rings. The molecule has 3 heterocycles. The van der Waals surface area contributed by atoms with Crippen LogP contribution in [0.15, 0.2) is 24.3 Å². The molecule has 0 radical (unpaired) electrons. The maximum absolute atomic E-state index is 14.0. The van der Waals surface area contributed by atoms with Gasteiger partial charge in [0, 0.05) is 49.9 Å². The maximum atomic E-state index is 14.0. The van der Waals surface area contributed by atoms with Crippen LogP contribution >= 0.6 is 0 Å². The van der Waals surface area contributed by atoms with E-state index in [0.29, 0.717) is 18.5 Å². The van der Waals surface area contributed by atoms with Gasteiger partial charge in [0.25, 0.3) is 5.91 Å². The Morgan fingerprint density at radius 3 is 2.23 bits per heavy atom. The van der Waals surface area contributed by atoms with E-state index >= 15 is 0 Å². The molecule has 1 unspecified atom stereocenters. The summed E-state index contributed by atoms with van der Waals surface area (Å²) in [6.45, 7) is 20.4.